The second kappa shape index (κ2) is 5.63. The molecule has 4 nitrogen and oxygen atoms in total. The summed E-state index contributed by atoms with van der Waals surface area (Å²) in [6.07, 6.45) is 3.52. The van der Waals surface area contributed by atoms with Gasteiger partial charge in [-0.15, -0.1) is 0 Å². The first-order valence-electron chi connectivity index (χ1n) is 6.58. The number of hydrogen-bond acceptors (Lipinski definition) is 3. The maximum atomic E-state index is 12.0. The third kappa shape index (κ3) is 2.69. The molecule has 0 atom stereocenters. The zero-order valence-electron chi connectivity index (χ0n) is 11.5. The lowest BCUT2D eigenvalue weighted by molar-refractivity contribution is 0.414. The fraction of sp³-hybridized carbons (Fsp3) is 0.0588. The minimum atomic E-state index is -0.208. The molecule has 0 amide bonds. The van der Waals surface area contributed by atoms with Crippen LogP contribution in [0.15, 0.2) is 53.3 Å². The number of aromatic nitrogens is 2. The molecule has 104 valence electrons. The van der Waals surface area contributed by atoms with Gasteiger partial charge in [0.15, 0.2) is 0 Å². The number of nitrogens with one attached hydrogen (secondary N) is 1. The molecule has 0 radical (unpaired) electrons. The van der Waals surface area contributed by atoms with Crippen molar-refractivity contribution in [2.75, 3.05) is 7.11 Å². The number of H-pyrrole nitrogens is 1. The van der Waals surface area contributed by atoms with E-state index in [-0.39, 0.29) is 5.56 Å². The number of benzene rings is 2. The topological polar surface area (TPSA) is 55.0 Å². The number of para-hydroxylation sites is 3. The van der Waals surface area contributed by atoms with Crippen LogP contribution in [0, 0.1) is 0 Å². The number of ether oxygens (including phenoxy) is 1. The van der Waals surface area contributed by atoms with Crippen molar-refractivity contribution in [3.63, 3.8) is 0 Å². The zero-order chi connectivity index (χ0) is 14.7. The number of aromatic amines is 1. The Morgan fingerprint density at radius 2 is 1.81 bits per heavy atom. The minimum Gasteiger partial charge on any atom is -0.496 e. The molecule has 3 rings (SSSR count). The molecule has 2 aromatic carbocycles. The van der Waals surface area contributed by atoms with E-state index in [2.05, 4.69) is 9.97 Å². The van der Waals surface area contributed by atoms with Crippen LogP contribution in [0.25, 0.3) is 23.2 Å². The Bertz CT molecular complexity index is 866. The number of nitrogens with zero attached hydrogens (tertiary/aromatic N) is 1. The van der Waals surface area contributed by atoms with Gasteiger partial charge in [-0.2, -0.15) is 0 Å². The summed E-state index contributed by atoms with van der Waals surface area (Å²) >= 11 is 0. The van der Waals surface area contributed by atoms with Crippen molar-refractivity contribution in [2.45, 2.75) is 0 Å². The SMILES string of the molecule is COc1ccccc1/C=C\c1nc2ccccc2[nH]c1=O. The Kier molecular flexibility index (Phi) is 3.51. The third-order valence-electron chi connectivity index (χ3n) is 3.19. The molecule has 0 fully saturated rings. The van der Waals surface area contributed by atoms with Gasteiger partial charge in [-0.25, -0.2) is 4.98 Å². The average Bonchev–Trinajstić information content (AvgIpc) is 2.53. The summed E-state index contributed by atoms with van der Waals surface area (Å²) in [5.74, 6) is 0.756. The fourth-order valence-corrected chi connectivity index (χ4v) is 2.13. The van der Waals surface area contributed by atoms with E-state index < -0.39 is 0 Å². The van der Waals surface area contributed by atoms with Gasteiger partial charge in [0.1, 0.15) is 11.4 Å². The van der Waals surface area contributed by atoms with E-state index in [0.717, 1.165) is 22.3 Å². The maximum absolute atomic E-state index is 12.0. The standard InChI is InChI=1S/C17H14N2O2/c1-21-16-9-5-2-6-12(16)10-11-15-17(20)19-14-8-4-3-7-13(14)18-15/h2-11H,1H3,(H,19,20)/b11-10-. The Morgan fingerprint density at radius 1 is 1.05 bits per heavy atom. The Morgan fingerprint density at radius 3 is 2.67 bits per heavy atom. The molecule has 0 bridgehead atoms. The van der Waals surface area contributed by atoms with E-state index in [1.807, 2.05) is 54.6 Å². The summed E-state index contributed by atoms with van der Waals surface area (Å²) in [7, 11) is 1.62. The van der Waals surface area contributed by atoms with Gasteiger partial charge in [-0.3, -0.25) is 4.79 Å². The van der Waals surface area contributed by atoms with Crippen LogP contribution >= 0.6 is 0 Å². The predicted molar refractivity (Wildman–Crippen MR) is 84.3 cm³/mol. The van der Waals surface area contributed by atoms with Gasteiger partial charge < -0.3 is 9.72 Å². The molecule has 0 saturated heterocycles. The molecule has 21 heavy (non-hydrogen) atoms. The van der Waals surface area contributed by atoms with Crippen LogP contribution in [0.2, 0.25) is 0 Å². The summed E-state index contributed by atoms with van der Waals surface area (Å²) in [5, 5.41) is 0. The van der Waals surface area contributed by atoms with Gasteiger partial charge >= 0.3 is 0 Å². The fourth-order valence-electron chi connectivity index (χ4n) is 2.13. The van der Waals surface area contributed by atoms with E-state index in [1.54, 1.807) is 13.2 Å². The second-order valence-corrected chi connectivity index (χ2v) is 4.54. The third-order valence-corrected chi connectivity index (χ3v) is 3.19. The van der Waals surface area contributed by atoms with Crippen LogP contribution in [0.5, 0.6) is 5.75 Å². The van der Waals surface area contributed by atoms with Crippen LogP contribution < -0.4 is 10.3 Å². The molecule has 1 aromatic heterocycles. The summed E-state index contributed by atoms with van der Waals surface area (Å²) in [4.78, 5) is 19.2. The monoisotopic (exact) mass is 278 g/mol. The van der Waals surface area contributed by atoms with Crippen molar-refractivity contribution >= 4 is 23.2 Å². The van der Waals surface area contributed by atoms with Gasteiger partial charge in [-0.05, 0) is 30.4 Å². The smallest absolute Gasteiger partial charge is 0.274 e. The van der Waals surface area contributed by atoms with Gasteiger partial charge in [0.2, 0.25) is 0 Å². The summed E-state index contributed by atoms with van der Waals surface area (Å²) in [6, 6.07) is 15.1. The number of methoxy groups -OCH3 is 1. The Labute approximate surface area is 121 Å². The van der Waals surface area contributed by atoms with Crippen molar-refractivity contribution in [3.05, 3.63) is 70.1 Å². The first-order valence-corrected chi connectivity index (χ1v) is 6.58. The maximum Gasteiger partial charge on any atom is 0.274 e. The Hall–Kier alpha value is -2.88. The second-order valence-electron chi connectivity index (χ2n) is 4.54. The molecule has 3 aromatic rings. The molecule has 0 spiro atoms. The average molecular weight is 278 g/mol. The predicted octanol–water partition coefficient (Wildman–Crippen LogP) is 3.10. The van der Waals surface area contributed by atoms with E-state index in [1.165, 1.54) is 0 Å². The van der Waals surface area contributed by atoms with Crippen molar-refractivity contribution in [2.24, 2.45) is 0 Å². The van der Waals surface area contributed by atoms with Crippen molar-refractivity contribution < 1.29 is 4.74 Å². The van der Waals surface area contributed by atoms with Crippen LogP contribution in [0.3, 0.4) is 0 Å². The molecule has 0 aliphatic carbocycles. The molecule has 1 heterocycles. The lowest BCUT2D eigenvalue weighted by Crippen LogP contribution is -2.11. The van der Waals surface area contributed by atoms with Gasteiger partial charge in [0, 0.05) is 5.56 Å². The van der Waals surface area contributed by atoms with Crippen LogP contribution in [-0.4, -0.2) is 17.1 Å². The van der Waals surface area contributed by atoms with E-state index in [0.29, 0.717) is 5.69 Å². The molecule has 4 heteroatoms. The zero-order valence-corrected chi connectivity index (χ0v) is 11.5. The lowest BCUT2D eigenvalue weighted by atomic mass is 10.1. The van der Waals surface area contributed by atoms with Crippen LogP contribution in [-0.2, 0) is 0 Å². The van der Waals surface area contributed by atoms with E-state index >= 15 is 0 Å². The van der Waals surface area contributed by atoms with Crippen LogP contribution in [0.4, 0.5) is 0 Å². The van der Waals surface area contributed by atoms with Crippen molar-refractivity contribution in [1.29, 1.82) is 0 Å². The summed E-state index contributed by atoms with van der Waals surface area (Å²) in [6.45, 7) is 0. The van der Waals surface area contributed by atoms with E-state index in [9.17, 15) is 4.79 Å². The highest BCUT2D eigenvalue weighted by molar-refractivity contribution is 5.77. The van der Waals surface area contributed by atoms with Crippen molar-refractivity contribution in [3.8, 4) is 5.75 Å². The first kappa shape index (κ1) is 13.1. The van der Waals surface area contributed by atoms with Gasteiger partial charge in [0.05, 0.1) is 18.1 Å². The van der Waals surface area contributed by atoms with Crippen molar-refractivity contribution in [1.82, 2.24) is 9.97 Å². The molecule has 1 N–H and O–H groups in total. The van der Waals surface area contributed by atoms with Gasteiger partial charge in [-0.1, -0.05) is 30.3 Å². The summed E-state index contributed by atoms with van der Waals surface area (Å²) < 4.78 is 5.28. The molecular weight excluding hydrogens is 264 g/mol. The molecule has 0 aliphatic rings. The highest BCUT2D eigenvalue weighted by Crippen LogP contribution is 2.19. The van der Waals surface area contributed by atoms with Gasteiger partial charge in [0.25, 0.3) is 5.56 Å². The molecular formula is C17H14N2O2. The lowest BCUT2D eigenvalue weighted by Gasteiger charge is -2.03. The highest BCUT2D eigenvalue weighted by atomic mass is 16.5. The Balaban J connectivity index is 2.03. The molecule has 0 unspecified atom stereocenters. The summed E-state index contributed by atoms with van der Waals surface area (Å²) in [5.41, 5.74) is 2.56. The first-order chi connectivity index (χ1) is 10.3. The normalized spacial score (nSPS) is 11.1. The molecule has 0 saturated carbocycles. The van der Waals surface area contributed by atoms with E-state index in [4.69, 9.17) is 4.74 Å². The van der Waals surface area contributed by atoms with Crippen LogP contribution in [0.1, 0.15) is 11.3 Å². The highest BCUT2D eigenvalue weighted by Gasteiger charge is 2.02. The number of hydrogen-bond donors (Lipinski definition) is 1. The molecule has 0 aliphatic heterocycles. The number of rotatable bonds is 3. The largest absolute Gasteiger partial charge is 0.496 e. The number of fused-ring (bicyclic) bond motifs is 1. The minimum absolute atomic E-state index is 0.208. The quantitative estimate of drug-likeness (QED) is 0.801.